The zero-order valence-corrected chi connectivity index (χ0v) is 20.0. The number of hydrogen-bond donors (Lipinski definition) is 2. The van der Waals surface area contributed by atoms with Crippen LogP contribution in [0.5, 0.6) is 5.75 Å². The molecule has 2 rings (SSSR count). The number of guanidine groups is 1. The highest BCUT2D eigenvalue weighted by Crippen LogP contribution is 2.19. The molecule has 0 spiro atoms. The van der Waals surface area contributed by atoms with Crippen molar-refractivity contribution in [3.05, 3.63) is 30.3 Å². The summed E-state index contributed by atoms with van der Waals surface area (Å²) in [6.45, 7) is 10.4. The Morgan fingerprint density at radius 3 is 2.50 bits per heavy atom. The van der Waals surface area contributed by atoms with Gasteiger partial charge in [-0.2, -0.15) is 0 Å². The zero-order valence-electron chi connectivity index (χ0n) is 17.6. The van der Waals surface area contributed by atoms with E-state index in [1.165, 1.54) is 0 Å². The normalized spacial score (nSPS) is 16.6. The first-order chi connectivity index (χ1) is 13.1. The molecule has 1 fully saturated rings. The predicted molar refractivity (Wildman–Crippen MR) is 128 cm³/mol. The highest BCUT2D eigenvalue weighted by atomic mass is 127. The van der Waals surface area contributed by atoms with E-state index in [0.29, 0.717) is 11.8 Å². The van der Waals surface area contributed by atoms with E-state index in [4.69, 9.17) is 9.73 Å². The Morgan fingerprint density at radius 1 is 1.25 bits per heavy atom. The smallest absolute Gasteiger partial charge is 0.193 e. The van der Waals surface area contributed by atoms with Gasteiger partial charge in [0.25, 0.3) is 0 Å². The van der Waals surface area contributed by atoms with Crippen LogP contribution in [0.4, 0.5) is 0 Å². The molecule has 1 aromatic rings. The second-order valence-corrected chi connectivity index (χ2v) is 7.82. The van der Waals surface area contributed by atoms with Crippen molar-refractivity contribution in [3.63, 3.8) is 0 Å². The molecule has 0 saturated carbocycles. The average molecular weight is 503 g/mol. The predicted octanol–water partition coefficient (Wildman–Crippen LogP) is 4.16. The van der Waals surface area contributed by atoms with Gasteiger partial charge in [0.15, 0.2) is 5.96 Å². The molecule has 28 heavy (non-hydrogen) atoms. The van der Waals surface area contributed by atoms with E-state index in [0.717, 1.165) is 63.6 Å². The van der Waals surface area contributed by atoms with Crippen LogP contribution in [0.25, 0.3) is 0 Å². The second-order valence-electron chi connectivity index (χ2n) is 7.82. The van der Waals surface area contributed by atoms with Crippen molar-refractivity contribution in [2.45, 2.75) is 52.6 Å². The van der Waals surface area contributed by atoms with Gasteiger partial charge in [0.2, 0.25) is 0 Å². The minimum atomic E-state index is 0. The number of ether oxygens (including phenoxy) is 1. The SMILES string of the molecule is CCNC(=NCC(CCO)CC(C)C)N1CCC(Oc2ccccc2)CC1.I. The molecule has 160 valence electrons. The maximum atomic E-state index is 9.33. The third-order valence-corrected chi connectivity index (χ3v) is 4.96. The van der Waals surface area contributed by atoms with Crippen molar-refractivity contribution in [2.24, 2.45) is 16.8 Å². The van der Waals surface area contributed by atoms with E-state index in [2.05, 4.69) is 31.0 Å². The van der Waals surface area contributed by atoms with E-state index in [9.17, 15) is 5.11 Å². The standard InChI is InChI=1S/C22H37N3O2.HI/c1-4-23-22(24-17-19(12-15-26)16-18(2)3)25-13-10-21(11-14-25)27-20-8-6-5-7-9-20;/h5-9,18-19,21,26H,4,10-17H2,1-3H3,(H,23,24);1H. The van der Waals surface area contributed by atoms with E-state index >= 15 is 0 Å². The number of piperidine rings is 1. The minimum absolute atomic E-state index is 0. The summed E-state index contributed by atoms with van der Waals surface area (Å²) >= 11 is 0. The average Bonchev–Trinajstić information content (AvgIpc) is 2.66. The first-order valence-electron chi connectivity index (χ1n) is 10.5. The summed E-state index contributed by atoms with van der Waals surface area (Å²) in [6, 6.07) is 10.1. The van der Waals surface area contributed by atoms with Crippen LogP contribution >= 0.6 is 24.0 Å². The number of aliphatic hydroxyl groups is 1. The van der Waals surface area contributed by atoms with Gasteiger partial charge in [-0.25, -0.2) is 0 Å². The number of nitrogens with zero attached hydrogens (tertiary/aromatic N) is 2. The Morgan fingerprint density at radius 2 is 1.93 bits per heavy atom. The summed E-state index contributed by atoms with van der Waals surface area (Å²) in [4.78, 5) is 7.24. The van der Waals surface area contributed by atoms with Gasteiger partial charge in [-0.3, -0.25) is 4.99 Å². The number of aliphatic imine (C=N–C) groups is 1. The van der Waals surface area contributed by atoms with Crippen LogP contribution in [0.3, 0.4) is 0 Å². The molecule has 1 atom stereocenters. The molecule has 1 aliphatic rings. The number of aliphatic hydroxyl groups excluding tert-OH is 1. The fourth-order valence-corrected chi connectivity index (χ4v) is 3.65. The van der Waals surface area contributed by atoms with E-state index in [1.807, 2.05) is 30.3 Å². The Hall–Kier alpha value is -1.02. The first-order valence-corrected chi connectivity index (χ1v) is 10.5. The molecule has 0 amide bonds. The molecule has 6 heteroatoms. The van der Waals surface area contributed by atoms with Gasteiger partial charge < -0.3 is 20.1 Å². The second kappa shape index (κ2) is 14.0. The van der Waals surface area contributed by atoms with E-state index in [-0.39, 0.29) is 36.7 Å². The monoisotopic (exact) mass is 503 g/mol. The van der Waals surface area contributed by atoms with Gasteiger partial charge in [0.1, 0.15) is 11.9 Å². The quantitative estimate of drug-likeness (QED) is 0.302. The first kappa shape index (κ1) is 25.0. The maximum Gasteiger partial charge on any atom is 0.193 e. The maximum absolute atomic E-state index is 9.33. The fraction of sp³-hybridized carbons (Fsp3) is 0.682. The van der Waals surface area contributed by atoms with Crippen LogP contribution in [0.1, 0.15) is 46.5 Å². The number of nitrogens with one attached hydrogen (secondary N) is 1. The Bertz CT molecular complexity index is 546. The minimum Gasteiger partial charge on any atom is -0.490 e. The number of hydrogen-bond acceptors (Lipinski definition) is 3. The lowest BCUT2D eigenvalue weighted by Crippen LogP contribution is -2.47. The fourth-order valence-electron chi connectivity index (χ4n) is 3.65. The topological polar surface area (TPSA) is 57.1 Å². The summed E-state index contributed by atoms with van der Waals surface area (Å²) in [5, 5.41) is 12.8. The van der Waals surface area contributed by atoms with Crippen LogP contribution in [-0.4, -0.2) is 54.9 Å². The summed E-state index contributed by atoms with van der Waals surface area (Å²) < 4.78 is 6.10. The number of para-hydroxylation sites is 1. The van der Waals surface area contributed by atoms with Crippen LogP contribution < -0.4 is 10.1 Å². The van der Waals surface area contributed by atoms with Crippen LogP contribution in [-0.2, 0) is 0 Å². The van der Waals surface area contributed by atoms with Gasteiger partial charge in [0, 0.05) is 45.6 Å². The zero-order chi connectivity index (χ0) is 19.5. The molecule has 1 saturated heterocycles. The van der Waals surface area contributed by atoms with Gasteiger partial charge in [-0.1, -0.05) is 32.0 Å². The number of likely N-dealkylation sites (tertiary alicyclic amines) is 1. The lowest BCUT2D eigenvalue weighted by molar-refractivity contribution is 0.129. The molecule has 5 nitrogen and oxygen atoms in total. The van der Waals surface area contributed by atoms with Crippen LogP contribution in [0, 0.1) is 11.8 Å². The molecule has 0 aliphatic carbocycles. The third kappa shape index (κ3) is 8.99. The molecule has 0 radical (unpaired) electrons. The number of rotatable bonds is 9. The number of halogens is 1. The van der Waals surface area contributed by atoms with Gasteiger partial charge in [-0.05, 0) is 43.7 Å². The van der Waals surface area contributed by atoms with Crippen molar-refractivity contribution in [1.82, 2.24) is 10.2 Å². The van der Waals surface area contributed by atoms with Crippen molar-refractivity contribution >= 4 is 29.9 Å². The summed E-state index contributed by atoms with van der Waals surface area (Å²) in [6.07, 6.45) is 4.22. The summed E-state index contributed by atoms with van der Waals surface area (Å²) in [7, 11) is 0. The largest absolute Gasteiger partial charge is 0.490 e. The van der Waals surface area contributed by atoms with Crippen LogP contribution in [0.15, 0.2) is 35.3 Å². The molecule has 0 bridgehead atoms. The van der Waals surface area contributed by atoms with Crippen molar-refractivity contribution < 1.29 is 9.84 Å². The van der Waals surface area contributed by atoms with E-state index in [1.54, 1.807) is 0 Å². The molecule has 0 aromatic heterocycles. The Kier molecular flexibility index (Phi) is 12.5. The van der Waals surface area contributed by atoms with Crippen molar-refractivity contribution in [3.8, 4) is 5.75 Å². The van der Waals surface area contributed by atoms with Gasteiger partial charge in [-0.15, -0.1) is 24.0 Å². The van der Waals surface area contributed by atoms with Crippen molar-refractivity contribution in [2.75, 3.05) is 32.8 Å². The lowest BCUT2D eigenvalue weighted by atomic mass is 9.94. The molecule has 2 N–H and O–H groups in total. The Labute approximate surface area is 188 Å². The highest BCUT2D eigenvalue weighted by Gasteiger charge is 2.23. The molecule has 1 unspecified atom stereocenters. The van der Waals surface area contributed by atoms with Crippen molar-refractivity contribution in [1.29, 1.82) is 0 Å². The Balaban J connectivity index is 0.00000392. The number of benzene rings is 1. The van der Waals surface area contributed by atoms with Gasteiger partial charge >= 0.3 is 0 Å². The molecule has 1 heterocycles. The molecular formula is C22H38IN3O2. The third-order valence-electron chi connectivity index (χ3n) is 4.96. The molecule has 1 aromatic carbocycles. The van der Waals surface area contributed by atoms with Crippen LogP contribution in [0.2, 0.25) is 0 Å². The summed E-state index contributed by atoms with van der Waals surface area (Å²) in [5.74, 6) is 3.03. The lowest BCUT2D eigenvalue weighted by Gasteiger charge is -2.34. The highest BCUT2D eigenvalue weighted by molar-refractivity contribution is 14.0. The van der Waals surface area contributed by atoms with Gasteiger partial charge in [0.05, 0.1) is 0 Å². The molecule has 1 aliphatic heterocycles. The summed E-state index contributed by atoms with van der Waals surface area (Å²) in [5.41, 5.74) is 0. The molecular weight excluding hydrogens is 465 g/mol. The van der Waals surface area contributed by atoms with E-state index < -0.39 is 0 Å².